The second-order valence-electron chi connectivity index (χ2n) is 5.01. The van der Waals surface area contributed by atoms with E-state index in [0.717, 1.165) is 37.1 Å². The van der Waals surface area contributed by atoms with Gasteiger partial charge in [0.2, 0.25) is 0 Å². The second kappa shape index (κ2) is 6.68. The van der Waals surface area contributed by atoms with Gasteiger partial charge in [0.25, 0.3) is 0 Å². The van der Waals surface area contributed by atoms with Gasteiger partial charge in [-0.25, -0.2) is 0 Å². The van der Waals surface area contributed by atoms with Crippen LogP contribution in [0, 0.1) is 0 Å². The molecule has 2 rings (SSSR count). The molecule has 4 nitrogen and oxygen atoms in total. The summed E-state index contributed by atoms with van der Waals surface area (Å²) in [4.78, 5) is 13.6. The Hall–Kier alpha value is -1.39. The zero-order valence-electron chi connectivity index (χ0n) is 11.3. The summed E-state index contributed by atoms with van der Waals surface area (Å²) in [6.07, 6.45) is 3.38. The zero-order chi connectivity index (χ0) is 13.7. The highest BCUT2D eigenvalue weighted by Gasteiger charge is 2.28. The maximum atomic E-state index is 11.5. The number of piperidine rings is 1. The first-order valence-electron chi connectivity index (χ1n) is 6.77. The maximum absolute atomic E-state index is 11.5. The van der Waals surface area contributed by atoms with E-state index in [9.17, 15) is 9.90 Å². The lowest BCUT2D eigenvalue weighted by molar-refractivity contribution is -0.144. The summed E-state index contributed by atoms with van der Waals surface area (Å²) < 4.78 is 5.07. The van der Waals surface area contributed by atoms with Crippen LogP contribution in [0.5, 0.6) is 0 Å². The van der Waals surface area contributed by atoms with Gasteiger partial charge in [0, 0.05) is 7.11 Å². The molecule has 0 radical (unpaired) electrons. The third-order valence-electron chi connectivity index (χ3n) is 3.60. The zero-order valence-corrected chi connectivity index (χ0v) is 11.3. The number of hydrogen-bond donors (Lipinski definition) is 1. The van der Waals surface area contributed by atoms with Crippen LogP contribution in [0.3, 0.4) is 0 Å². The summed E-state index contributed by atoms with van der Waals surface area (Å²) in [6.45, 7) is 2.30. The van der Waals surface area contributed by atoms with Gasteiger partial charge in [-0.1, -0.05) is 30.7 Å². The van der Waals surface area contributed by atoms with Crippen LogP contribution in [0.2, 0.25) is 0 Å². The Morgan fingerprint density at radius 1 is 1.26 bits per heavy atom. The molecule has 1 aliphatic rings. The molecule has 0 amide bonds. The fourth-order valence-corrected chi connectivity index (χ4v) is 2.65. The summed E-state index contributed by atoms with van der Waals surface area (Å²) in [5.74, 6) is -0.763. The molecule has 1 aliphatic heterocycles. The van der Waals surface area contributed by atoms with E-state index in [1.54, 1.807) is 7.11 Å². The average Bonchev–Trinajstić information content (AvgIpc) is 2.42. The Labute approximate surface area is 114 Å². The fraction of sp³-hybridized carbons (Fsp3) is 0.533. The van der Waals surface area contributed by atoms with Crippen LogP contribution >= 0.6 is 0 Å². The number of rotatable bonds is 5. The van der Waals surface area contributed by atoms with E-state index in [1.807, 2.05) is 24.3 Å². The van der Waals surface area contributed by atoms with E-state index in [2.05, 4.69) is 4.90 Å². The molecule has 1 saturated heterocycles. The largest absolute Gasteiger partial charge is 0.480 e. The van der Waals surface area contributed by atoms with Gasteiger partial charge in [-0.05, 0) is 37.1 Å². The van der Waals surface area contributed by atoms with Crippen molar-refractivity contribution in [2.24, 2.45) is 0 Å². The number of carbonyl (C=O) groups is 1. The average molecular weight is 263 g/mol. The number of methoxy groups -OCH3 is 1. The molecule has 0 bridgehead atoms. The molecule has 1 heterocycles. The minimum atomic E-state index is -0.763. The number of nitrogens with zero attached hydrogens (tertiary/aromatic N) is 1. The topological polar surface area (TPSA) is 49.8 Å². The molecule has 1 aromatic rings. The maximum Gasteiger partial charge on any atom is 0.325 e. The van der Waals surface area contributed by atoms with Gasteiger partial charge in [-0.2, -0.15) is 0 Å². The highest BCUT2D eigenvalue weighted by molar-refractivity contribution is 5.75. The van der Waals surface area contributed by atoms with Gasteiger partial charge < -0.3 is 9.84 Å². The number of benzene rings is 1. The van der Waals surface area contributed by atoms with E-state index < -0.39 is 12.0 Å². The normalized spacial score (nSPS) is 18.2. The Morgan fingerprint density at radius 2 is 1.89 bits per heavy atom. The number of likely N-dealkylation sites (tertiary alicyclic amines) is 1. The van der Waals surface area contributed by atoms with Crippen LogP contribution in [-0.4, -0.2) is 36.2 Å². The van der Waals surface area contributed by atoms with E-state index in [-0.39, 0.29) is 0 Å². The first-order valence-corrected chi connectivity index (χ1v) is 6.77. The molecular formula is C15H21NO3. The lowest BCUT2D eigenvalue weighted by atomic mass is 10.0. The molecule has 1 N–H and O–H groups in total. The van der Waals surface area contributed by atoms with Crippen molar-refractivity contribution in [1.29, 1.82) is 0 Å². The summed E-state index contributed by atoms with van der Waals surface area (Å²) in [5.41, 5.74) is 1.92. The molecule has 1 fully saturated rings. The molecule has 0 aliphatic carbocycles. The lowest BCUT2D eigenvalue weighted by Gasteiger charge is -2.32. The van der Waals surface area contributed by atoms with Crippen LogP contribution < -0.4 is 0 Å². The minimum absolute atomic E-state index is 0.517. The summed E-state index contributed by atoms with van der Waals surface area (Å²) >= 11 is 0. The summed E-state index contributed by atoms with van der Waals surface area (Å²) in [5, 5.41) is 9.49. The smallest absolute Gasteiger partial charge is 0.325 e. The second-order valence-corrected chi connectivity index (χ2v) is 5.01. The fourth-order valence-electron chi connectivity index (χ4n) is 2.65. The molecule has 104 valence electrons. The lowest BCUT2D eigenvalue weighted by Crippen LogP contribution is -2.37. The SMILES string of the molecule is COCc1ccc(C(C(=O)O)N2CCCCC2)cc1. The number of carboxylic acid groups (broad SMARTS) is 1. The van der Waals surface area contributed by atoms with Gasteiger partial charge in [-0.3, -0.25) is 9.69 Å². The third kappa shape index (κ3) is 3.55. The van der Waals surface area contributed by atoms with Crippen molar-refractivity contribution < 1.29 is 14.6 Å². The molecule has 0 aromatic heterocycles. The number of aliphatic carboxylic acids is 1. The molecule has 1 atom stereocenters. The summed E-state index contributed by atoms with van der Waals surface area (Å²) in [6, 6.07) is 7.18. The first kappa shape index (κ1) is 14.0. The van der Waals surface area contributed by atoms with Gasteiger partial charge in [0.05, 0.1) is 6.61 Å². The van der Waals surface area contributed by atoms with E-state index in [0.29, 0.717) is 6.61 Å². The number of ether oxygens (including phenoxy) is 1. The highest BCUT2D eigenvalue weighted by atomic mass is 16.5. The predicted molar refractivity (Wildman–Crippen MR) is 73.0 cm³/mol. The molecular weight excluding hydrogens is 242 g/mol. The van der Waals surface area contributed by atoms with Crippen molar-refractivity contribution in [3.63, 3.8) is 0 Å². The Balaban J connectivity index is 2.15. The van der Waals surface area contributed by atoms with Crippen LogP contribution in [-0.2, 0) is 16.1 Å². The quantitative estimate of drug-likeness (QED) is 0.886. The van der Waals surface area contributed by atoms with E-state index in [4.69, 9.17) is 4.74 Å². The number of carboxylic acids is 1. The van der Waals surface area contributed by atoms with Crippen molar-refractivity contribution >= 4 is 5.97 Å². The van der Waals surface area contributed by atoms with E-state index in [1.165, 1.54) is 6.42 Å². The predicted octanol–water partition coefficient (Wildman–Crippen LogP) is 2.44. The number of hydrogen-bond acceptors (Lipinski definition) is 3. The van der Waals surface area contributed by atoms with Gasteiger partial charge in [0.15, 0.2) is 0 Å². The van der Waals surface area contributed by atoms with Crippen LogP contribution in [0.15, 0.2) is 24.3 Å². The van der Waals surface area contributed by atoms with Gasteiger partial charge >= 0.3 is 5.97 Å². The molecule has 1 unspecified atom stereocenters. The highest BCUT2D eigenvalue weighted by Crippen LogP contribution is 2.25. The van der Waals surface area contributed by atoms with E-state index >= 15 is 0 Å². The van der Waals surface area contributed by atoms with Crippen molar-refractivity contribution in [2.45, 2.75) is 31.9 Å². The van der Waals surface area contributed by atoms with Crippen molar-refractivity contribution in [3.05, 3.63) is 35.4 Å². The molecule has 19 heavy (non-hydrogen) atoms. The monoisotopic (exact) mass is 263 g/mol. The molecule has 1 aromatic carbocycles. The van der Waals surface area contributed by atoms with Crippen molar-refractivity contribution in [1.82, 2.24) is 4.90 Å². The van der Waals surface area contributed by atoms with Crippen molar-refractivity contribution in [3.8, 4) is 0 Å². The van der Waals surface area contributed by atoms with Crippen LogP contribution in [0.1, 0.15) is 36.4 Å². The first-order chi connectivity index (χ1) is 9.22. The van der Waals surface area contributed by atoms with Gasteiger partial charge in [0.1, 0.15) is 6.04 Å². The molecule has 4 heteroatoms. The molecule has 0 saturated carbocycles. The Morgan fingerprint density at radius 3 is 2.42 bits per heavy atom. The van der Waals surface area contributed by atoms with Gasteiger partial charge in [-0.15, -0.1) is 0 Å². The summed E-state index contributed by atoms with van der Waals surface area (Å²) in [7, 11) is 1.65. The minimum Gasteiger partial charge on any atom is -0.480 e. The third-order valence-corrected chi connectivity index (χ3v) is 3.60. The standard InChI is InChI=1S/C15H21NO3/c1-19-11-12-5-7-13(8-6-12)14(15(17)18)16-9-3-2-4-10-16/h5-8,14H,2-4,9-11H2,1H3,(H,17,18). The van der Waals surface area contributed by atoms with Crippen LogP contribution in [0.4, 0.5) is 0 Å². The molecule has 0 spiro atoms. The van der Waals surface area contributed by atoms with Crippen LogP contribution in [0.25, 0.3) is 0 Å². The Bertz CT molecular complexity index is 410. The Kier molecular flexibility index (Phi) is 4.93. The van der Waals surface area contributed by atoms with Crippen molar-refractivity contribution in [2.75, 3.05) is 20.2 Å².